The average Bonchev–Trinajstić information content (AvgIpc) is 2.91. The third kappa shape index (κ3) is 4.74. The number of rotatable bonds is 9. The van der Waals surface area contributed by atoms with Crippen LogP contribution in [-0.2, 0) is 9.53 Å². The summed E-state index contributed by atoms with van der Waals surface area (Å²) in [6.07, 6.45) is 7.02. The van der Waals surface area contributed by atoms with Gasteiger partial charge >= 0.3 is 5.97 Å². The first-order valence-corrected chi connectivity index (χ1v) is 8.17. The van der Waals surface area contributed by atoms with Gasteiger partial charge in [0.15, 0.2) is 0 Å². The van der Waals surface area contributed by atoms with Gasteiger partial charge in [0.25, 0.3) is 0 Å². The number of nitrogens with one attached hydrogen (secondary N) is 1. The Morgan fingerprint density at radius 3 is 2.75 bits per heavy atom. The van der Waals surface area contributed by atoms with Crippen molar-refractivity contribution >= 4 is 5.97 Å². The van der Waals surface area contributed by atoms with Gasteiger partial charge in [-0.1, -0.05) is 6.92 Å². The van der Waals surface area contributed by atoms with Crippen LogP contribution in [0.4, 0.5) is 0 Å². The number of carbonyl (C=O) groups excluding carboxylic acids is 1. The second kappa shape index (κ2) is 8.63. The second-order valence-corrected chi connectivity index (χ2v) is 6.00. The molecule has 4 nitrogen and oxygen atoms in total. The van der Waals surface area contributed by atoms with Gasteiger partial charge in [-0.2, -0.15) is 0 Å². The van der Waals surface area contributed by atoms with Crippen LogP contribution in [0.5, 0.6) is 0 Å². The highest BCUT2D eigenvalue weighted by molar-refractivity contribution is 5.80. The van der Waals surface area contributed by atoms with Crippen molar-refractivity contribution in [2.75, 3.05) is 26.7 Å². The molecule has 1 N–H and O–H groups in total. The minimum absolute atomic E-state index is 0.130. The molecular weight excluding hydrogens is 252 g/mol. The first kappa shape index (κ1) is 17.4. The molecule has 1 saturated heterocycles. The third-order valence-electron chi connectivity index (χ3n) is 4.62. The Balaban J connectivity index is 2.29. The number of unbranched alkanes of at least 4 members (excludes halogenated alkanes) is 1. The Bertz CT molecular complexity index is 296. The maximum Gasteiger partial charge on any atom is 0.326 e. The fourth-order valence-electron chi connectivity index (χ4n) is 3.06. The van der Waals surface area contributed by atoms with Gasteiger partial charge in [-0.15, -0.1) is 0 Å². The molecule has 0 saturated carbocycles. The van der Waals surface area contributed by atoms with Crippen LogP contribution in [0, 0.1) is 0 Å². The Morgan fingerprint density at radius 2 is 2.15 bits per heavy atom. The smallest absolute Gasteiger partial charge is 0.326 e. The van der Waals surface area contributed by atoms with Gasteiger partial charge in [-0.25, -0.2) is 0 Å². The maximum absolute atomic E-state index is 11.9. The van der Waals surface area contributed by atoms with E-state index in [0.717, 1.165) is 25.3 Å². The highest BCUT2D eigenvalue weighted by Crippen LogP contribution is 2.21. The summed E-state index contributed by atoms with van der Waals surface area (Å²) in [4.78, 5) is 14.6. The minimum Gasteiger partial charge on any atom is -0.465 e. The molecule has 0 aromatic heterocycles. The molecule has 1 aliphatic heterocycles. The zero-order valence-corrected chi connectivity index (χ0v) is 13.7. The van der Waals surface area contributed by atoms with Crippen molar-refractivity contribution in [1.82, 2.24) is 10.2 Å². The fraction of sp³-hybridized carbons (Fsp3) is 0.938. The van der Waals surface area contributed by atoms with E-state index in [4.69, 9.17) is 4.74 Å². The Hall–Kier alpha value is -0.610. The number of likely N-dealkylation sites (tertiary alicyclic amines) is 1. The van der Waals surface area contributed by atoms with E-state index in [1.807, 2.05) is 20.9 Å². The Kier molecular flexibility index (Phi) is 7.52. The molecule has 1 aliphatic rings. The average molecular weight is 284 g/mol. The number of ether oxygens (including phenoxy) is 1. The molecule has 0 amide bonds. The van der Waals surface area contributed by atoms with Gasteiger partial charge in [0.1, 0.15) is 5.54 Å². The van der Waals surface area contributed by atoms with Crippen LogP contribution >= 0.6 is 0 Å². The number of hydrogen-bond donors (Lipinski definition) is 1. The molecule has 4 heteroatoms. The standard InChI is InChI=1S/C16H32N2O2/c1-5-14-10-9-13-18(14)12-8-7-11-16(3,17-4)15(19)20-6-2/h14,17H,5-13H2,1-4H3. The Labute approximate surface area is 124 Å². The van der Waals surface area contributed by atoms with Crippen molar-refractivity contribution in [3.05, 3.63) is 0 Å². The summed E-state index contributed by atoms with van der Waals surface area (Å²) in [5, 5.41) is 3.12. The number of nitrogens with zero attached hydrogens (tertiary/aromatic N) is 1. The molecule has 2 unspecified atom stereocenters. The molecule has 1 fully saturated rings. The fourth-order valence-corrected chi connectivity index (χ4v) is 3.06. The van der Waals surface area contributed by atoms with E-state index in [9.17, 15) is 4.79 Å². The minimum atomic E-state index is -0.537. The molecule has 0 bridgehead atoms. The van der Waals surface area contributed by atoms with Gasteiger partial charge in [0.2, 0.25) is 0 Å². The summed E-state index contributed by atoms with van der Waals surface area (Å²) in [6, 6.07) is 0.788. The highest BCUT2D eigenvalue weighted by Gasteiger charge is 2.32. The molecule has 2 atom stereocenters. The van der Waals surface area contributed by atoms with E-state index in [1.165, 1.54) is 32.4 Å². The van der Waals surface area contributed by atoms with E-state index in [1.54, 1.807) is 0 Å². The number of esters is 1. The summed E-state index contributed by atoms with van der Waals surface area (Å²) >= 11 is 0. The lowest BCUT2D eigenvalue weighted by Crippen LogP contribution is -2.48. The van der Waals surface area contributed by atoms with Crippen LogP contribution < -0.4 is 5.32 Å². The topological polar surface area (TPSA) is 41.6 Å². The van der Waals surface area contributed by atoms with Gasteiger partial charge in [0.05, 0.1) is 6.61 Å². The lowest BCUT2D eigenvalue weighted by Gasteiger charge is -2.28. The van der Waals surface area contributed by atoms with Crippen molar-refractivity contribution in [3.63, 3.8) is 0 Å². The van der Waals surface area contributed by atoms with Crippen LogP contribution in [0.3, 0.4) is 0 Å². The molecule has 0 aromatic carbocycles. The molecular formula is C16H32N2O2. The van der Waals surface area contributed by atoms with Crippen molar-refractivity contribution in [3.8, 4) is 0 Å². The number of hydrogen-bond acceptors (Lipinski definition) is 4. The summed E-state index contributed by atoms with van der Waals surface area (Å²) in [5.41, 5.74) is -0.537. The van der Waals surface area contributed by atoms with E-state index in [0.29, 0.717) is 6.61 Å². The molecule has 20 heavy (non-hydrogen) atoms. The van der Waals surface area contributed by atoms with Gasteiger partial charge in [0, 0.05) is 6.04 Å². The van der Waals surface area contributed by atoms with E-state index in [2.05, 4.69) is 17.1 Å². The monoisotopic (exact) mass is 284 g/mol. The van der Waals surface area contributed by atoms with Crippen LogP contribution in [0.25, 0.3) is 0 Å². The summed E-state index contributed by atoms with van der Waals surface area (Å²) in [7, 11) is 1.84. The van der Waals surface area contributed by atoms with Crippen molar-refractivity contribution in [2.24, 2.45) is 0 Å². The van der Waals surface area contributed by atoms with Crippen LogP contribution in [0.15, 0.2) is 0 Å². The molecule has 0 spiro atoms. The van der Waals surface area contributed by atoms with Crippen molar-refractivity contribution in [1.29, 1.82) is 0 Å². The van der Waals surface area contributed by atoms with Crippen LogP contribution in [-0.4, -0.2) is 49.2 Å². The third-order valence-corrected chi connectivity index (χ3v) is 4.62. The molecule has 1 rings (SSSR count). The lowest BCUT2D eigenvalue weighted by molar-refractivity contribution is -0.150. The largest absolute Gasteiger partial charge is 0.465 e. The predicted molar refractivity (Wildman–Crippen MR) is 82.8 cm³/mol. The molecule has 0 radical (unpaired) electrons. The molecule has 118 valence electrons. The zero-order chi connectivity index (χ0) is 15.0. The summed E-state index contributed by atoms with van der Waals surface area (Å²) in [6.45, 7) is 8.94. The van der Waals surface area contributed by atoms with Crippen molar-refractivity contribution in [2.45, 2.75) is 70.9 Å². The van der Waals surface area contributed by atoms with E-state index >= 15 is 0 Å². The quantitative estimate of drug-likeness (QED) is 0.522. The Morgan fingerprint density at radius 1 is 1.40 bits per heavy atom. The van der Waals surface area contributed by atoms with Gasteiger partial charge in [-0.05, 0) is 72.5 Å². The van der Waals surface area contributed by atoms with E-state index < -0.39 is 5.54 Å². The predicted octanol–water partition coefficient (Wildman–Crippen LogP) is 2.57. The normalized spacial score (nSPS) is 22.7. The number of carbonyl (C=O) groups is 1. The summed E-state index contributed by atoms with van der Waals surface area (Å²) in [5.74, 6) is -0.130. The highest BCUT2D eigenvalue weighted by atomic mass is 16.5. The SMILES string of the molecule is CCOC(=O)C(C)(CCCCN1CCCC1CC)NC. The summed E-state index contributed by atoms with van der Waals surface area (Å²) < 4.78 is 5.15. The van der Waals surface area contributed by atoms with Crippen LogP contribution in [0.2, 0.25) is 0 Å². The molecule has 1 heterocycles. The molecule has 0 aliphatic carbocycles. The first-order chi connectivity index (χ1) is 9.57. The van der Waals surface area contributed by atoms with E-state index in [-0.39, 0.29) is 5.97 Å². The van der Waals surface area contributed by atoms with Crippen molar-refractivity contribution < 1.29 is 9.53 Å². The zero-order valence-electron chi connectivity index (χ0n) is 13.7. The van der Waals surface area contributed by atoms with Gasteiger partial charge in [-0.3, -0.25) is 4.79 Å². The number of likely N-dealkylation sites (N-methyl/N-ethyl adjacent to an activating group) is 1. The first-order valence-electron chi connectivity index (χ1n) is 8.17. The maximum atomic E-state index is 11.9. The second-order valence-electron chi connectivity index (χ2n) is 6.00. The molecule has 0 aromatic rings. The lowest BCUT2D eigenvalue weighted by atomic mass is 9.95. The van der Waals surface area contributed by atoms with Crippen LogP contribution in [0.1, 0.15) is 59.3 Å². The van der Waals surface area contributed by atoms with Gasteiger partial charge < -0.3 is 15.0 Å².